The minimum Gasteiger partial charge on any atom is -0.477 e. The molecule has 2 bridgehead atoms. The van der Waals surface area contributed by atoms with Crippen LogP contribution in [0.1, 0.15) is 37.7 Å². The SMILES string of the molecule is [C-]#[N+]c1ccc(Nc2ncnc(OCC3C4CCC3CN(C(=O)OC3CCC3)C4)c2C)c(Cl)c1. The molecule has 2 unspecified atom stereocenters. The number of hydrogen-bond acceptors (Lipinski definition) is 6. The Kier molecular flexibility index (Phi) is 6.46. The van der Waals surface area contributed by atoms with Crippen LogP contribution >= 0.6 is 11.6 Å². The van der Waals surface area contributed by atoms with Gasteiger partial charge in [0.15, 0.2) is 5.69 Å². The van der Waals surface area contributed by atoms with Gasteiger partial charge in [-0.15, -0.1) is 0 Å². The van der Waals surface area contributed by atoms with E-state index in [4.69, 9.17) is 27.6 Å². The molecule has 2 aliphatic carbocycles. The van der Waals surface area contributed by atoms with E-state index < -0.39 is 0 Å². The number of halogens is 1. The highest BCUT2D eigenvalue weighted by molar-refractivity contribution is 6.33. The van der Waals surface area contributed by atoms with Crippen molar-refractivity contribution < 1.29 is 14.3 Å². The molecular formula is C25H28ClN5O3. The molecule has 2 heterocycles. The van der Waals surface area contributed by atoms with Gasteiger partial charge in [-0.05, 0) is 63.0 Å². The van der Waals surface area contributed by atoms with Gasteiger partial charge in [-0.1, -0.05) is 17.7 Å². The molecule has 9 heteroatoms. The number of fused-ring (bicyclic) bond motifs is 2. The Morgan fingerprint density at radius 1 is 1.24 bits per heavy atom. The molecule has 3 aliphatic rings. The summed E-state index contributed by atoms with van der Waals surface area (Å²) in [4.78, 5) is 26.5. The number of nitrogens with zero attached hydrogens (tertiary/aromatic N) is 4. The maximum atomic E-state index is 12.5. The van der Waals surface area contributed by atoms with Crippen molar-refractivity contribution in [3.8, 4) is 5.88 Å². The minimum absolute atomic E-state index is 0.121. The second kappa shape index (κ2) is 9.67. The number of anilines is 2. The average molecular weight is 482 g/mol. The Hall–Kier alpha value is -3.05. The first-order chi connectivity index (χ1) is 16.5. The first-order valence-electron chi connectivity index (χ1n) is 11.9. The Bertz CT molecular complexity index is 1100. The topological polar surface area (TPSA) is 80.9 Å². The lowest BCUT2D eigenvalue weighted by molar-refractivity contribution is 0.00565. The molecule has 3 fully saturated rings. The van der Waals surface area contributed by atoms with Crippen molar-refractivity contribution in [1.82, 2.24) is 14.9 Å². The highest BCUT2D eigenvalue weighted by Gasteiger charge is 2.44. The van der Waals surface area contributed by atoms with Gasteiger partial charge >= 0.3 is 6.09 Å². The molecule has 1 aromatic carbocycles. The lowest BCUT2D eigenvalue weighted by atomic mass is 9.86. The molecule has 2 aromatic rings. The van der Waals surface area contributed by atoms with Crippen molar-refractivity contribution in [3.63, 3.8) is 0 Å². The maximum Gasteiger partial charge on any atom is 0.410 e. The first-order valence-corrected chi connectivity index (χ1v) is 12.2. The zero-order valence-corrected chi connectivity index (χ0v) is 19.9. The predicted molar refractivity (Wildman–Crippen MR) is 129 cm³/mol. The fourth-order valence-electron chi connectivity index (χ4n) is 5.15. The van der Waals surface area contributed by atoms with Gasteiger partial charge < -0.3 is 19.7 Å². The van der Waals surface area contributed by atoms with E-state index in [1.807, 2.05) is 11.8 Å². The molecule has 2 saturated carbocycles. The molecule has 1 N–H and O–H groups in total. The molecule has 5 rings (SSSR count). The third-order valence-electron chi connectivity index (χ3n) is 7.39. The largest absolute Gasteiger partial charge is 0.477 e. The molecular weight excluding hydrogens is 454 g/mol. The zero-order chi connectivity index (χ0) is 23.7. The van der Waals surface area contributed by atoms with Crippen LogP contribution in [0.5, 0.6) is 5.88 Å². The summed E-state index contributed by atoms with van der Waals surface area (Å²) >= 11 is 6.31. The van der Waals surface area contributed by atoms with Crippen molar-refractivity contribution in [1.29, 1.82) is 0 Å². The van der Waals surface area contributed by atoms with Crippen molar-refractivity contribution in [2.24, 2.45) is 17.8 Å². The summed E-state index contributed by atoms with van der Waals surface area (Å²) in [6.07, 6.45) is 6.82. The van der Waals surface area contributed by atoms with Gasteiger partial charge in [-0.3, -0.25) is 0 Å². The highest BCUT2D eigenvalue weighted by atomic mass is 35.5. The lowest BCUT2D eigenvalue weighted by Crippen LogP contribution is -2.47. The molecule has 1 saturated heterocycles. The monoisotopic (exact) mass is 481 g/mol. The van der Waals surface area contributed by atoms with Gasteiger partial charge in [-0.25, -0.2) is 19.6 Å². The van der Waals surface area contributed by atoms with E-state index >= 15 is 0 Å². The number of amides is 1. The zero-order valence-electron chi connectivity index (χ0n) is 19.2. The van der Waals surface area contributed by atoms with E-state index in [-0.39, 0.29) is 12.2 Å². The second-order valence-corrected chi connectivity index (χ2v) is 9.87. The third kappa shape index (κ3) is 4.62. The number of nitrogens with one attached hydrogen (secondary N) is 1. The quantitative estimate of drug-likeness (QED) is 0.528. The lowest BCUT2D eigenvalue weighted by Gasteiger charge is -2.38. The van der Waals surface area contributed by atoms with E-state index in [2.05, 4.69) is 20.1 Å². The first kappa shape index (κ1) is 22.7. The smallest absolute Gasteiger partial charge is 0.410 e. The molecule has 0 spiro atoms. The molecule has 34 heavy (non-hydrogen) atoms. The van der Waals surface area contributed by atoms with Crippen LogP contribution < -0.4 is 10.1 Å². The third-order valence-corrected chi connectivity index (χ3v) is 7.70. The summed E-state index contributed by atoms with van der Waals surface area (Å²) in [5.41, 5.74) is 1.94. The van der Waals surface area contributed by atoms with E-state index in [0.717, 1.165) is 50.8 Å². The van der Waals surface area contributed by atoms with Crippen LogP contribution in [-0.4, -0.2) is 46.8 Å². The van der Waals surface area contributed by atoms with Crippen LogP contribution in [0.25, 0.3) is 4.85 Å². The van der Waals surface area contributed by atoms with Gasteiger partial charge in [0, 0.05) is 19.0 Å². The molecule has 1 aliphatic heterocycles. The van der Waals surface area contributed by atoms with Crippen molar-refractivity contribution in [2.45, 2.75) is 45.1 Å². The predicted octanol–water partition coefficient (Wildman–Crippen LogP) is 5.76. The number of carbonyl (C=O) groups is 1. The highest BCUT2D eigenvalue weighted by Crippen LogP contribution is 2.43. The Balaban J connectivity index is 1.20. The molecule has 8 nitrogen and oxygen atoms in total. The molecule has 0 radical (unpaired) electrons. The Labute approximate surface area is 204 Å². The van der Waals surface area contributed by atoms with Crippen LogP contribution in [0.15, 0.2) is 24.5 Å². The summed E-state index contributed by atoms with van der Waals surface area (Å²) < 4.78 is 11.8. The van der Waals surface area contributed by atoms with Crippen molar-refractivity contribution in [2.75, 3.05) is 25.0 Å². The van der Waals surface area contributed by atoms with E-state index in [1.54, 1.807) is 18.2 Å². The van der Waals surface area contributed by atoms with Crippen LogP contribution in [0.2, 0.25) is 5.02 Å². The number of likely N-dealkylation sites (tertiary alicyclic amines) is 1. The fourth-order valence-corrected chi connectivity index (χ4v) is 5.37. The van der Waals surface area contributed by atoms with Gasteiger partial charge in [-0.2, -0.15) is 0 Å². The number of ether oxygens (including phenoxy) is 2. The number of aromatic nitrogens is 2. The maximum absolute atomic E-state index is 12.5. The molecule has 1 amide bonds. The second-order valence-electron chi connectivity index (χ2n) is 9.47. The summed E-state index contributed by atoms with van der Waals surface area (Å²) in [6, 6.07) is 5.09. The van der Waals surface area contributed by atoms with E-state index in [9.17, 15) is 4.79 Å². The van der Waals surface area contributed by atoms with Gasteiger partial charge in [0.1, 0.15) is 18.2 Å². The van der Waals surface area contributed by atoms with Crippen molar-refractivity contribution in [3.05, 3.63) is 46.5 Å². The van der Waals surface area contributed by atoms with E-state index in [1.165, 1.54) is 6.33 Å². The standard InChI is InChI=1S/C25H28ClN5O3/c1-15-23(30-22-9-8-18(27-2)10-21(22)26)28-14-29-24(15)33-13-20-16-6-7-17(20)12-31(11-16)25(32)34-19-4-3-5-19/h8-10,14,16-17,19-20H,3-7,11-13H2,1H3,(H,28,29,30). The van der Waals surface area contributed by atoms with E-state index in [0.29, 0.717) is 52.5 Å². The van der Waals surface area contributed by atoms with Gasteiger partial charge in [0.25, 0.3) is 0 Å². The van der Waals surface area contributed by atoms with Gasteiger partial charge in [0.2, 0.25) is 5.88 Å². The summed E-state index contributed by atoms with van der Waals surface area (Å²) in [5.74, 6) is 2.39. The van der Waals surface area contributed by atoms with Crippen LogP contribution in [0.4, 0.5) is 22.0 Å². The number of rotatable bonds is 6. The fraction of sp³-hybridized carbons (Fsp3) is 0.520. The molecule has 1 aromatic heterocycles. The summed E-state index contributed by atoms with van der Waals surface area (Å²) in [6.45, 7) is 11.1. The van der Waals surface area contributed by atoms with Crippen LogP contribution in [-0.2, 0) is 4.74 Å². The van der Waals surface area contributed by atoms with Crippen LogP contribution in [0, 0.1) is 31.2 Å². The summed E-state index contributed by atoms with van der Waals surface area (Å²) in [7, 11) is 0. The normalized spacial score (nSPS) is 23.7. The minimum atomic E-state index is -0.147. The number of piperidine rings is 1. The molecule has 2 atom stereocenters. The Morgan fingerprint density at radius 2 is 2.00 bits per heavy atom. The molecule has 178 valence electrons. The number of hydrogen-bond donors (Lipinski definition) is 1. The van der Waals surface area contributed by atoms with Gasteiger partial charge in [0.05, 0.1) is 29.5 Å². The number of carbonyl (C=O) groups excluding carboxylic acids is 1. The van der Waals surface area contributed by atoms with Crippen molar-refractivity contribution >= 4 is 34.9 Å². The number of benzene rings is 1. The summed E-state index contributed by atoms with van der Waals surface area (Å²) in [5, 5.41) is 3.67. The Morgan fingerprint density at radius 3 is 2.65 bits per heavy atom. The van der Waals surface area contributed by atoms with Crippen LogP contribution in [0.3, 0.4) is 0 Å². The average Bonchev–Trinajstić information content (AvgIpc) is 3.04.